The molecule has 0 bridgehead atoms. The summed E-state index contributed by atoms with van der Waals surface area (Å²) in [4.78, 5) is 0. The predicted octanol–water partition coefficient (Wildman–Crippen LogP) is 5.12. The second-order valence-corrected chi connectivity index (χ2v) is 61.0. The van der Waals surface area contributed by atoms with E-state index >= 15 is 0 Å². The summed E-state index contributed by atoms with van der Waals surface area (Å²) in [6, 6.07) is 0. The lowest BCUT2D eigenvalue weighted by molar-refractivity contribution is -0.198. The highest BCUT2D eigenvalue weighted by atomic mass is 30.1. The van der Waals surface area contributed by atoms with Crippen LogP contribution in [0.5, 0.6) is 0 Å². The zero-order valence-electron chi connectivity index (χ0n) is 24.6. The zero-order valence-corrected chi connectivity index (χ0v) is 32.8. The highest BCUT2D eigenvalue weighted by molar-refractivity contribution is 7.97. The van der Waals surface area contributed by atoms with Crippen LogP contribution in [0.2, 0.25) is 62.5 Å². The molecular formula is C22H57O3Si7. The number of hydrogen-bond acceptors (Lipinski definition) is 3. The summed E-state index contributed by atoms with van der Waals surface area (Å²) in [5.74, 6) is -0.654. The first-order chi connectivity index (χ1) is 14.1. The molecule has 0 saturated carbocycles. The van der Waals surface area contributed by atoms with E-state index in [1.807, 2.05) is 0 Å². The maximum absolute atomic E-state index is 8.01. The van der Waals surface area contributed by atoms with E-state index in [4.69, 9.17) is 13.3 Å². The van der Waals surface area contributed by atoms with Gasteiger partial charge >= 0.3 is 0 Å². The minimum absolute atomic E-state index is 0.0869. The third-order valence-corrected chi connectivity index (χ3v) is 96.8. The third-order valence-electron chi connectivity index (χ3n) is 7.57. The molecular weight excluding hydrogens is 509 g/mol. The van der Waals surface area contributed by atoms with Gasteiger partial charge in [0.05, 0.1) is 16.6 Å². The molecule has 2 atom stereocenters. The standard InChI is InChI=1S/C22H57O3Si7/c1-17(2)31(18(3)4)27-28-32(31,19(5)6)25-22(21(7,8)9,24-30(14,15)16)20(26-10)23-29(11,12)13/h17-19H,26-28H2,1-16H3. The van der Waals surface area contributed by atoms with Gasteiger partial charge in [0, 0.05) is 22.5 Å². The first kappa shape index (κ1) is 31.4. The highest BCUT2D eigenvalue weighted by Gasteiger charge is 2.72. The van der Waals surface area contributed by atoms with E-state index in [-0.39, 0.29) is 22.5 Å². The lowest BCUT2D eigenvalue weighted by Crippen LogP contribution is -2.90. The monoisotopic (exact) mass is 565 g/mol. The summed E-state index contributed by atoms with van der Waals surface area (Å²) in [5.41, 5.74) is 3.48. The van der Waals surface area contributed by atoms with Crippen LogP contribution in [-0.2, 0) is 13.3 Å². The molecule has 1 radical (unpaired) electrons. The molecule has 1 aliphatic rings. The highest BCUT2D eigenvalue weighted by Crippen LogP contribution is 2.55. The van der Waals surface area contributed by atoms with Gasteiger partial charge in [0.2, 0.25) is 0 Å². The van der Waals surface area contributed by atoms with Crippen LogP contribution in [0, 0.1) is 11.1 Å². The number of rotatable bonds is 11. The fraction of sp³-hybridized carbons (Fsp3) is 0.955. The van der Waals surface area contributed by atoms with Crippen LogP contribution in [-0.4, -0.2) is 63.5 Å². The Morgan fingerprint density at radius 1 is 0.781 bits per heavy atom. The molecule has 1 rings (SSSR count). The van der Waals surface area contributed by atoms with E-state index in [9.17, 15) is 0 Å². The summed E-state index contributed by atoms with van der Waals surface area (Å²) in [7, 11) is -7.53. The van der Waals surface area contributed by atoms with Crippen molar-refractivity contribution in [2.75, 3.05) is 0 Å². The maximum Gasteiger partial charge on any atom is 0.187 e. The van der Waals surface area contributed by atoms with Gasteiger partial charge in [-0.25, -0.2) is 0 Å². The van der Waals surface area contributed by atoms with Crippen LogP contribution in [0.1, 0.15) is 62.3 Å². The van der Waals surface area contributed by atoms with Gasteiger partial charge in [0.15, 0.2) is 29.8 Å². The summed E-state index contributed by atoms with van der Waals surface area (Å²) in [6.07, 6.45) is 0. The number of hydrogen-bond donors (Lipinski definition) is 0. The molecule has 1 fully saturated rings. The first-order valence-corrected chi connectivity index (χ1v) is 35.8. The van der Waals surface area contributed by atoms with E-state index in [1.54, 1.807) is 0 Å². The SMILES string of the molecule is C[SiH2][C](O[Si](C)(C)C)C(O[Si](C)(C)C)(O[Si]1(C(C)C)[SiH2][SiH2][Si]1(C(C)C)C(C)C)C(C)(C)C. The summed E-state index contributed by atoms with van der Waals surface area (Å²) in [5, 5.41) is 0. The Morgan fingerprint density at radius 2 is 1.25 bits per heavy atom. The largest absolute Gasteiger partial charge is 0.407 e. The molecule has 3 nitrogen and oxygen atoms in total. The van der Waals surface area contributed by atoms with Crippen molar-refractivity contribution in [1.29, 1.82) is 0 Å². The lowest BCUT2D eigenvalue weighted by Gasteiger charge is -2.67. The molecule has 191 valence electrons. The third kappa shape index (κ3) is 6.02. The van der Waals surface area contributed by atoms with E-state index < -0.39 is 46.4 Å². The van der Waals surface area contributed by atoms with E-state index in [0.717, 1.165) is 11.1 Å². The van der Waals surface area contributed by atoms with Crippen molar-refractivity contribution in [2.24, 2.45) is 5.41 Å². The van der Waals surface area contributed by atoms with Gasteiger partial charge in [0.25, 0.3) is 0 Å². The fourth-order valence-corrected chi connectivity index (χ4v) is 117. The molecule has 0 aromatic rings. The van der Waals surface area contributed by atoms with E-state index in [2.05, 4.69) is 108 Å². The zero-order chi connectivity index (χ0) is 25.6. The molecule has 10 heteroatoms. The van der Waals surface area contributed by atoms with Crippen molar-refractivity contribution in [3.05, 3.63) is 5.73 Å². The van der Waals surface area contributed by atoms with Crippen LogP contribution < -0.4 is 0 Å². The van der Waals surface area contributed by atoms with Gasteiger partial charge < -0.3 is 13.3 Å². The summed E-state index contributed by atoms with van der Waals surface area (Å²) in [6.45, 7) is 38.7. The van der Waals surface area contributed by atoms with Crippen molar-refractivity contribution in [3.8, 4) is 0 Å². The van der Waals surface area contributed by atoms with Crippen molar-refractivity contribution in [1.82, 2.24) is 0 Å². The fourth-order valence-electron chi connectivity index (χ4n) is 6.26. The Balaban J connectivity index is 3.86. The minimum Gasteiger partial charge on any atom is -0.407 e. The molecule has 1 saturated heterocycles. The van der Waals surface area contributed by atoms with Gasteiger partial charge in [-0.3, -0.25) is 0 Å². The Bertz CT molecular complexity index is 614. The molecule has 1 heterocycles. The van der Waals surface area contributed by atoms with Gasteiger partial charge in [-0.05, 0) is 44.8 Å². The normalized spacial score (nSPS) is 26.2. The second kappa shape index (κ2) is 10.4. The van der Waals surface area contributed by atoms with Gasteiger partial charge in [-0.1, -0.05) is 79.9 Å². The first-order valence-electron chi connectivity index (χ1n) is 13.1. The molecule has 32 heavy (non-hydrogen) atoms. The average molecular weight is 566 g/mol. The minimum atomic E-state index is -1.90. The van der Waals surface area contributed by atoms with Crippen LogP contribution >= 0.6 is 0 Å². The predicted molar refractivity (Wildman–Crippen MR) is 164 cm³/mol. The molecule has 0 aromatic carbocycles. The van der Waals surface area contributed by atoms with Crippen molar-refractivity contribution in [3.63, 3.8) is 0 Å². The van der Waals surface area contributed by atoms with Crippen molar-refractivity contribution >= 4 is 57.7 Å². The van der Waals surface area contributed by atoms with Crippen LogP contribution in [0.3, 0.4) is 0 Å². The Kier molecular flexibility index (Phi) is 10.2. The molecule has 2 unspecified atom stereocenters. The Hall–Kier alpha value is 1.40. The smallest absolute Gasteiger partial charge is 0.187 e. The van der Waals surface area contributed by atoms with Crippen molar-refractivity contribution in [2.45, 2.75) is 131 Å². The van der Waals surface area contributed by atoms with Crippen molar-refractivity contribution < 1.29 is 13.3 Å². The molecule has 0 spiro atoms. The molecule has 0 N–H and O–H groups in total. The second-order valence-electron chi connectivity index (χ2n) is 14.1. The average Bonchev–Trinajstić information content (AvgIpc) is 2.51. The summed E-state index contributed by atoms with van der Waals surface area (Å²) < 4.78 is 22.3. The maximum atomic E-state index is 8.01. The Morgan fingerprint density at radius 3 is 1.47 bits per heavy atom. The van der Waals surface area contributed by atoms with Gasteiger partial charge in [-0.15, -0.1) is 0 Å². The lowest BCUT2D eigenvalue weighted by atomic mass is 9.86. The van der Waals surface area contributed by atoms with E-state index in [0.29, 0.717) is 5.54 Å². The van der Waals surface area contributed by atoms with Crippen LogP contribution in [0.15, 0.2) is 0 Å². The summed E-state index contributed by atoms with van der Waals surface area (Å²) >= 11 is 0. The van der Waals surface area contributed by atoms with Crippen LogP contribution in [0.25, 0.3) is 0 Å². The van der Waals surface area contributed by atoms with Crippen LogP contribution in [0.4, 0.5) is 0 Å². The van der Waals surface area contributed by atoms with Gasteiger partial charge in [-0.2, -0.15) is 0 Å². The topological polar surface area (TPSA) is 27.7 Å². The van der Waals surface area contributed by atoms with Gasteiger partial charge in [0.1, 0.15) is 5.73 Å². The molecule has 0 aromatic heterocycles. The molecule has 0 aliphatic carbocycles. The molecule has 1 aliphatic heterocycles. The molecule has 0 amide bonds. The quantitative estimate of drug-likeness (QED) is 0.257. The Labute approximate surface area is 212 Å². The van der Waals surface area contributed by atoms with E-state index in [1.165, 1.54) is 5.73 Å².